The number of nitrogens with zero attached hydrogens (tertiary/aromatic N) is 2. The molecule has 0 N–H and O–H groups in total. The van der Waals surface area contributed by atoms with Crippen molar-refractivity contribution in [2.45, 2.75) is 0 Å². The van der Waals surface area contributed by atoms with Crippen molar-refractivity contribution in [3.05, 3.63) is 70.4 Å². The van der Waals surface area contributed by atoms with Crippen LogP contribution in [-0.4, -0.2) is 29.8 Å². The van der Waals surface area contributed by atoms with Crippen molar-refractivity contribution < 1.29 is 13.9 Å². The number of carbonyl (C=O) groups excluding carboxylic acids is 1. The molecule has 4 nitrogen and oxygen atoms in total. The van der Waals surface area contributed by atoms with E-state index in [4.69, 9.17) is 4.74 Å². The Morgan fingerprint density at radius 1 is 1.27 bits per heavy atom. The lowest BCUT2D eigenvalue weighted by molar-refractivity contribution is 0.0980. The molecule has 0 saturated heterocycles. The number of ketones is 1. The summed E-state index contributed by atoms with van der Waals surface area (Å²) in [7, 11) is 3.55. The Morgan fingerprint density at radius 3 is 2.55 bits per heavy atom. The lowest BCUT2D eigenvalue weighted by Crippen LogP contribution is -2.15. The number of benzene rings is 1. The second-order valence-corrected chi connectivity index (χ2v) is 5.62. The number of allylic oxidation sites excluding steroid dienone is 1. The van der Waals surface area contributed by atoms with Gasteiger partial charge in [0.1, 0.15) is 5.82 Å². The number of Topliss-reactive ketones (excluding diaryl/α,β-unsaturated/α-hetero) is 1. The van der Waals surface area contributed by atoms with Gasteiger partial charge in [-0.2, -0.15) is 0 Å². The van der Waals surface area contributed by atoms with E-state index in [9.17, 15) is 9.18 Å². The number of ether oxygens (including phenoxy) is 1. The number of halogens is 2. The Bertz CT molecular complexity index is 700. The first-order chi connectivity index (χ1) is 10.5. The molecular formula is C16H14BrFN2O2. The van der Waals surface area contributed by atoms with Gasteiger partial charge in [-0.1, -0.05) is 15.9 Å². The molecule has 1 heterocycles. The zero-order chi connectivity index (χ0) is 16.1. The summed E-state index contributed by atoms with van der Waals surface area (Å²) in [4.78, 5) is 18.2. The zero-order valence-electron chi connectivity index (χ0n) is 12.1. The van der Waals surface area contributed by atoms with Gasteiger partial charge < -0.3 is 9.64 Å². The van der Waals surface area contributed by atoms with Crippen molar-refractivity contribution in [2.24, 2.45) is 0 Å². The summed E-state index contributed by atoms with van der Waals surface area (Å²) in [5.41, 5.74) is 0.337. The number of aromatic nitrogens is 1. The van der Waals surface area contributed by atoms with Gasteiger partial charge in [-0.3, -0.25) is 4.79 Å². The summed E-state index contributed by atoms with van der Waals surface area (Å²) in [5, 5.41) is 0. The average Bonchev–Trinajstić information content (AvgIpc) is 2.46. The van der Waals surface area contributed by atoms with Crippen LogP contribution in [0.5, 0.6) is 5.88 Å². The van der Waals surface area contributed by atoms with Crippen molar-refractivity contribution in [3.8, 4) is 5.88 Å². The molecule has 0 unspecified atom stereocenters. The maximum atomic E-state index is 13.0. The Hall–Kier alpha value is -2.21. The molecular weight excluding hydrogens is 351 g/mol. The van der Waals surface area contributed by atoms with Gasteiger partial charge in [-0.15, -0.1) is 0 Å². The van der Waals surface area contributed by atoms with Crippen molar-refractivity contribution >= 4 is 21.7 Å². The highest BCUT2D eigenvalue weighted by molar-refractivity contribution is 9.10. The van der Waals surface area contributed by atoms with Crippen LogP contribution in [0.1, 0.15) is 10.4 Å². The van der Waals surface area contributed by atoms with E-state index < -0.39 is 5.82 Å². The maximum absolute atomic E-state index is 13.0. The van der Waals surface area contributed by atoms with Gasteiger partial charge in [-0.25, -0.2) is 9.37 Å². The molecule has 6 heteroatoms. The normalized spacial score (nSPS) is 11.2. The molecule has 22 heavy (non-hydrogen) atoms. The second-order valence-electron chi connectivity index (χ2n) is 4.71. The summed E-state index contributed by atoms with van der Waals surface area (Å²) in [6, 6.07) is 8.71. The fourth-order valence-electron chi connectivity index (χ4n) is 1.66. The molecule has 0 amide bonds. The van der Waals surface area contributed by atoms with E-state index in [-0.39, 0.29) is 17.4 Å². The predicted molar refractivity (Wildman–Crippen MR) is 85.1 cm³/mol. The van der Waals surface area contributed by atoms with E-state index in [0.717, 1.165) is 4.47 Å². The molecule has 2 aromatic rings. The lowest BCUT2D eigenvalue weighted by Gasteiger charge is -2.12. The largest absolute Gasteiger partial charge is 0.433 e. The fraction of sp³-hybridized carbons (Fsp3) is 0.125. The number of rotatable bonds is 5. The van der Waals surface area contributed by atoms with Crippen LogP contribution in [-0.2, 0) is 0 Å². The third-order valence-corrected chi connectivity index (χ3v) is 3.11. The molecule has 0 spiro atoms. The number of pyridine rings is 1. The van der Waals surface area contributed by atoms with Crippen LogP contribution >= 0.6 is 15.9 Å². The van der Waals surface area contributed by atoms with E-state index >= 15 is 0 Å². The molecule has 0 saturated carbocycles. The molecule has 0 bridgehead atoms. The minimum absolute atomic E-state index is 0.0993. The highest BCUT2D eigenvalue weighted by atomic mass is 79.9. The Kier molecular flexibility index (Phi) is 5.27. The van der Waals surface area contributed by atoms with Crippen LogP contribution in [0.3, 0.4) is 0 Å². The smallest absolute Gasteiger partial charge is 0.229 e. The molecule has 0 aliphatic heterocycles. The number of hydrogen-bond donors (Lipinski definition) is 0. The van der Waals surface area contributed by atoms with Gasteiger partial charge in [0, 0.05) is 42.6 Å². The van der Waals surface area contributed by atoms with Crippen LogP contribution in [0.4, 0.5) is 4.39 Å². The van der Waals surface area contributed by atoms with Gasteiger partial charge in [0.05, 0.1) is 0 Å². The van der Waals surface area contributed by atoms with Crippen LogP contribution in [0.25, 0.3) is 0 Å². The molecule has 1 aromatic heterocycles. The highest BCUT2D eigenvalue weighted by Gasteiger charge is 2.16. The molecule has 0 fully saturated rings. The van der Waals surface area contributed by atoms with Gasteiger partial charge >= 0.3 is 0 Å². The molecule has 2 rings (SSSR count). The van der Waals surface area contributed by atoms with Gasteiger partial charge in [0.15, 0.2) is 5.76 Å². The van der Waals surface area contributed by atoms with E-state index in [1.54, 1.807) is 43.5 Å². The maximum Gasteiger partial charge on any atom is 0.229 e. The van der Waals surface area contributed by atoms with Crippen LogP contribution in [0.15, 0.2) is 59.0 Å². The fourth-order valence-corrected chi connectivity index (χ4v) is 1.98. The zero-order valence-corrected chi connectivity index (χ0v) is 13.7. The van der Waals surface area contributed by atoms with Gasteiger partial charge in [0.2, 0.25) is 11.7 Å². The van der Waals surface area contributed by atoms with Crippen molar-refractivity contribution in [1.29, 1.82) is 0 Å². The predicted octanol–water partition coefficient (Wildman–Crippen LogP) is 3.65. The number of hydrogen-bond acceptors (Lipinski definition) is 4. The third-order valence-electron chi connectivity index (χ3n) is 2.62. The second kappa shape index (κ2) is 7.17. The quantitative estimate of drug-likeness (QED) is 0.461. The first-order valence-corrected chi connectivity index (χ1v) is 7.23. The minimum atomic E-state index is -0.399. The summed E-state index contributed by atoms with van der Waals surface area (Å²) in [6.07, 6.45) is 3.11. The summed E-state index contributed by atoms with van der Waals surface area (Å²) >= 11 is 3.32. The molecule has 114 valence electrons. The van der Waals surface area contributed by atoms with Crippen molar-refractivity contribution in [3.63, 3.8) is 0 Å². The molecule has 0 atom stereocenters. The van der Waals surface area contributed by atoms with E-state index in [1.165, 1.54) is 24.3 Å². The monoisotopic (exact) mass is 364 g/mol. The van der Waals surface area contributed by atoms with Crippen molar-refractivity contribution in [1.82, 2.24) is 9.88 Å². The molecule has 0 aliphatic rings. The number of carbonyl (C=O) groups is 1. The summed E-state index contributed by atoms with van der Waals surface area (Å²) in [6.45, 7) is 0. The average molecular weight is 365 g/mol. The Balaban J connectivity index is 2.30. The summed E-state index contributed by atoms with van der Waals surface area (Å²) < 4.78 is 19.3. The Labute approximate surface area is 136 Å². The highest BCUT2D eigenvalue weighted by Crippen LogP contribution is 2.19. The van der Waals surface area contributed by atoms with Crippen molar-refractivity contribution in [2.75, 3.05) is 14.1 Å². The first-order valence-electron chi connectivity index (χ1n) is 6.43. The van der Waals surface area contributed by atoms with E-state index in [1.807, 2.05) is 0 Å². The SMILES string of the molecule is CN(C)/C=C(/Oc1cc(Br)ccn1)C(=O)c1ccc(F)cc1. The van der Waals surface area contributed by atoms with E-state index in [2.05, 4.69) is 20.9 Å². The molecule has 0 aliphatic carbocycles. The van der Waals surface area contributed by atoms with Gasteiger partial charge in [-0.05, 0) is 30.3 Å². The molecule has 0 radical (unpaired) electrons. The topological polar surface area (TPSA) is 42.4 Å². The van der Waals surface area contributed by atoms with Crippen LogP contribution < -0.4 is 4.74 Å². The van der Waals surface area contributed by atoms with Crippen LogP contribution in [0, 0.1) is 5.82 Å². The van der Waals surface area contributed by atoms with Crippen LogP contribution in [0.2, 0.25) is 0 Å². The van der Waals surface area contributed by atoms with E-state index in [0.29, 0.717) is 5.56 Å². The minimum Gasteiger partial charge on any atom is -0.433 e. The summed E-state index contributed by atoms with van der Waals surface area (Å²) in [5.74, 6) is -0.361. The first kappa shape index (κ1) is 16.2. The molecule has 1 aromatic carbocycles. The third kappa shape index (κ3) is 4.39. The standard InChI is InChI=1S/C16H14BrFN2O2/c1-20(2)10-14(22-15-9-12(17)7-8-19-15)16(21)11-3-5-13(18)6-4-11/h3-10H,1-2H3/b14-10+. The lowest BCUT2D eigenvalue weighted by atomic mass is 10.1. The Morgan fingerprint density at radius 2 is 1.95 bits per heavy atom. The van der Waals surface area contributed by atoms with Gasteiger partial charge in [0.25, 0.3) is 0 Å².